The zero-order chi connectivity index (χ0) is 19.3. The molecule has 2 atom stereocenters. The molecule has 0 bridgehead atoms. The van der Waals surface area contributed by atoms with Crippen LogP contribution in [0.1, 0.15) is 73.6 Å². The Morgan fingerprint density at radius 2 is 1.60 bits per heavy atom. The Balaban J connectivity index is 2.96. The Morgan fingerprint density at radius 3 is 2.12 bits per heavy atom. The van der Waals surface area contributed by atoms with Crippen molar-refractivity contribution in [3.63, 3.8) is 0 Å². The number of hydrogen-bond donors (Lipinski definition) is 2. The van der Waals surface area contributed by atoms with E-state index in [9.17, 15) is 14.7 Å². The van der Waals surface area contributed by atoms with Crippen molar-refractivity contribution in [3.05, 3.63) is 0 Å². The summed E-state index contributed by atoms with van der Waals surface area (Å²) >= 11 is 0. The number of carbonyl (C=O) groups excluding carboxylic acids is 2. The first-order chi connectivity index (χ1) is 11.4. The number of nitrogens with one attached hydrogen (secondary N) is 1. The van der Waals surface area contributed by atoms with E-state index in [1.165, 1.54) is 5.01 Å². The molecule has 0 aromatic heterocycles. The topological polar surface area (TPSA) is 88.1 Å². The number of aliphatic hydroxyl groups excluding tert-OH is 1. The quantitative estimate of drug-likeness (QED) is 0.753. The van der Waals surface area contributed by atoms with Crippen molar-refractivity contribution in [3.8, 4) is 0 Å². The molecule has 2 N–H and O–H groups in total. The highest BCUT2D eigenvalue weighted by molar-refractivity contribution is 5.74. The molecule has 1 saturated carbocycles. The molecule has 1 aliphatic carbocycles. The number of aliphatic hydroxyl groups is 1. The first-order valence-corrected chi connectivity index (χ1v) is 9.05. The first-order valence-electron chi connectivity index (χ1n) is 9.05. The minimum Gasteiger partial charge on any atom is -0.443 e. The second kappa shape index (κ2) is 8.74. The lowest BCUT2D eigenvalue weighted by molar-refractivity contribution is -0.0244. The fraction of sp³-hybridized carbons (Fsp3) is 0.889. The van der Waals surface area contributed by atoms with Crippen LogP contribution in [0.4, 0.5) is 9.59 Å². The zero-order valence-electron chi connectivity index (χ0n) is 16.4. The molecule has 0 aromatic rings. The van der Waals surface area contributed by atoms with Crippen LogP contribution in [0, 0.1) is 5.92 Å². The molecular weight excluding hydrogens is 324 g/mol. The predicted octanol–water partition coefficient (Wildman–Crippen LogP) is 3.60. The standard InChI is InChI=1S/C18H34N2O5/c1-17(2,3)24-15(22)19-20(16(23)25-18(4,5)6)14-10-8-7-9-13(14)11-12-21/h13-14,21H,7-12H2,1-6H3,(H,19,22). The van der Waals surface area contributed by atoms with E-state index in [4.69, 9.17) is 9.47 Å². The molecular formula is C18H34N2O5. The van der Waals surface area contributed by atoms with Crippen molar-refractivity contribution < 1.29 is 24.2 Å². The second-order valence-corrected chi connectivity index (χ2v) is 8.59. The van der Waals surface area contributed by atoms with E-state index >= 15 is 0 Å². The number of ether oxygens (including phenoxy) is 2. The molecule has 0 radical (unpaired) electrons. The van der Waals surface area contributed by atoms with Crippen LogP contribution in [0.25, 0.3) is 0 Å². The normalized spacial score (nSPS) is 21.4. The van der Waals surface area contributed by atoms with E-state index in [0.29, 0.717) is 6.42 Å². The van der Waals surface area contributed by atoms with Crippen LogP contribution >= 0.6 is 0 Å². The maximum absolute atomic E-state index is 12.7. The van der Waals surface area contributed by atoms with Crippen molar-refractivity contribution >= 4 is 12.2 Å². The average Bonchev–Trinajstić information content (AvgIpc) is 2.42. The van der Waals surface area contributed by atoms with Gasteiger partial charge in [0.2, 0.25) is 0 Å². The molecule has 25 heavy (non-hydrogen) atoms. The van der Waals surface area contributed by atoms with Crippen molar-refractivity contribution in [1.82, 2.24) is 10.4 Å². The fourth-order valence-corrected chi connectivity index (χ4v) is 3.00. The maximum Gasteiger partial charge on any atom is 0.429 e. The number of carbonyl (C=O) groups is 2. The number of hydrazine groups is 1. The van der Waals surface area contributed by atoms with Crippen molar-refractivity contribution in [2.45, 2.75) is 90.9 Å². The average molecular weight is 358 g/mol. The van der Waals surface area contributed by atoms with E-state index in [0.717, 1.165) is 25.7 Å². The summed E-state index contributed by atoms with van der Waals surface area (Å²) in [5, 5.41) is 10.6. The third-order valence-corrected chi connectivity index (χ3v) is 3.90. The van der Waals surface area contributed by atoms with Gasteiger partial charge in [-0.1, -0.05) is 12.8 Å². The Hall–Kier alpha value is -1.50. The van der Waals surface area contributed by atoms with Gasteiger partial charge in [0.15, 0.2) is 0 Å². The van der Waals surface area contributed by atoms with Gasteiger partial charge < -0.3 is 14.6 Å². The van der Waals surface area contributed by atoms with Gasteiger partial charge in [0, 0.05) is 6.61 Å². The maximum atomic E-state index is 12.7. The molecule has 7 heteroatoms. The lowest BCUT2D eigenvalue weighted by atomic mass is 9.82. The molecule has 0 saturated heterocycles. The fourth-order valence-electron chi connectivity index (χ4n) is 3.00. The molecule has 0 heterocycles. The molecule has 0 aliphatic heterocycles. The smallest absolute Gasteiger partial charge is 0.429 e. The molecule has 1 fully saturated rings. The zero-order valence-corrected chi connectivity index (χ0v) is 16.4. The van der Waals surface area contributed by atoms with Crippen LogP contribution < -0.4 is 5.43 Å². The second-order valence-electron chi connectivity index (χ2n) is 8.59. The van der Waals surface area contributed by atoms with Gasteiger partial charge in [0.25, 0.3) is 0 Å². The third kappa shape index (κ3) is 7.94. The summed E-state index contributed by atoms with van der Waals surface area (Å²) < 4.78 is 10.8. The molecule has 1 aliphatic rings. The van der Waals surface area contributed by atoms with Crippen molar-refractivity contribution in [1.29, 1.82) is 0 Å². The third-order valence-electron chi connectivity index (χ3n) is 3.90. The van der Waals surface area contributed by atoms with Gasteiger partial charge in [0.1, 0.15) is 11.2 Å². The van der Waals surface area contributed by atoms with Crippen LogP contribution in [0.2, 0.25) is 0 Å². The molecule has 2 unspecified atom stereocenters. The van der Waals surface area contributed by atoms with Crippen molar-refractivity contribution in [2.75, 3.05) is 6.61 Å². The van der Waals surface area contributed by atoms with Crippen LogP contribution in [-0.2, 0) is 9.47 Å². The summed E-state index contributed by atoms with van der Waals surface area (Å²) in [6, 6.07) is -0.219. The highest BCUT2D eigenvalue weighted by Crippen LogP contribution is 2.31. The van der Waals surface area contributed by atoms with Crippen LogP contribution in [0.3, 0.4) is 0 Å². The summed E-state index contributed by atoms with van der Waals surface area (Å²) in [4.78, 5) is 24.9. The molecule has 1 rings (SSSR count). The Bertz CT molecular complexity index is 451. The summed E-state index contributed by atoms with van der Waals surface area (Å²) in [5.74, 6) is 0.112. The highest BCUT2D eigenvalue weighted by Gasteiger charge is 2.37. The summed E-state index contributed by atoms with van der Waals surface area (Å²) in [6.07, 6.45) is 2.96. The van der Waals surface area contributed by atoms with Gasteiger partial charge in [-0.3, -0.25) is 0 Å². The lowest BCUT2D eigenvalue weighted by Crippen LogP contribution is -2.57. The van der Waals surface area contributed by atoms with Crippen LogP contribution in [0.5, 0.6) is 0 Å². The van der Waals surface area contributed by atoms with E-state index in [2.05, 4.69) is 5.43 Å². The Kier molecular flexibility index (Phi) is 7.53. The van der Waals surface area contributed by atoms with Gasteiger partial charge in [-0.2, -0.15) is 0 Å². The largest absolute Gasteiger partial charge is 0.443 e. The molecule has 2 amide bonds. The molecule has 146 valence electrons. The molecule has 0 aromatic carbocycles. The minimum atomic E-state index is -0.688. The first kappa shape index (κ1) is 21.5. The van der Waals surface area contributed by atoms with E-state index < -0.39 is 23.4 Å². The number of hydrogen-bond acceptors (Lipinski definition) is 5. The minimum absolute atomic E-state index is 0.0514. The molecule has 0 spiro atoms. The lowest BCUT2D eigenvalue weighted by Gasteiger charge is -2.40. The number of amides is 2. The summed E-state index contributed by atoms with van der Waals surface area (Å²) in [7, 11) is 0. The van der Waals surface area contributed by atoms with Crippen LogP contribution in [-0.4, -0.2) is 46.2 Å². The van der Waals surface area contributed by atoms with Gasteiger partial charge in [-0.15, -0.1) is 0 Å². The van der Waals surface area contributed by atoms with E-state index in [1.807, 2.05) is 0 Å². The number of rotatable bonds is 3. The molecule has 7 nitrogen and oxygen atoms in total. The Labute approximate surface area is 151 Å². The Morgan fingerprint density at radius 1 is 1.04 bits per heavy atom. The van der Waals surface area contributed by atoms with Gasteiger partial charge >= 0.3 is 12.2 Å². The van der Waals surface area contributed by atoms with Crippen molar-refractivity contribution in [2.24, 2.45) is 5.92 Å². The van der Waals surface area contributed by atoms with Crippen LogP contribution in [0.15, 0.2) is 0 Å². The monoisotopic (exact) mass is 358 g/mol. The number of nitrogens with zero attached hydrogens (tertiary/aromatic N) is 1. The summed E-state index contributed by atoms with van der Waals surface area (Å²) in [5.41, 5.74) is 1.23. The predicted molar refractivity (Wildman–Crippen MR) is 94.9 cm³/mol. The van der Waals surface area contributed by atoms with Gasteiger partial charge in [0.05, 0.1) is 6.04 Å². The van der Waals surface area contributed by atoms with E-state index in [1.54, 1.807) is 41.5 Å². The SMILES string of the molecule is CC(C)(C)OC(=O)NN(C(=O)OC(C)(C)C)C1CCCCC1CCO. The summed E-state index contributed by atoms with van der Waals surface area (Å²) in [6.45, 7) is 10.7. The van der Waals surface area contributed by atoms with Gasteiger partial charge in [-0.25, -0.2) is 20.0 Å². The van der Waals surface area contributed by atoms with Gasteiger partial charge in [-0.05, 0) is 66.7 Å². The highest BCUT2D eigenvalue weighted by atomic mass is 16.6. The van der Waals surface area contributed by atoms with E-state index in [-0.39, 0.29) is 18.6 Å².